The molecule has 0 radical (unpaired) electrons. The van der Waals surface area contributed by atoms with Gasteiger partial charge in [0, 0.05) is 18.7 Å². The van der Waals surface area contributed by atoms with Gasteiger partial charge in [-0.2, -0.15) is 5.10 Å². The SMILES string of the molecule is COCO[C@H](C)[C@@](O)(Cn1cncn1)c1ccc(F)cc1F. The fraction of sp³-hybridized carbons (Fsp3) is 0.429. The van der Waals surface area contributed by atoms with E-state index >= 15 is 0 Å². The zero-order valence-corrected chi connectivity index (χ0v) is 12.2. The monoisotopic (exact) mass is 313 g/mol. The Labute approximate surface area is 126 Å². The van der Waals surface area contributed by atoms with Crippen LogP contribution in [0.5, 0.6) is 0 Å². The van der Waals surface area contributed by atoms with Gasteiger partial charge in [-0.1, -0.05) is 6.07 Å². The van der Waals surface area contributed by atoms with Gasteiger partial charge in [-0.05, 0) is 13.0 Å². The number of aliphatic hydroxyl groups is 1. The number of hydrogen-bond donors (Lipinski definition) is 1. The second kappa shape index (κ2) is 6.91. The van der Waals surface area contributed by atoms with Crippen molar-refractivity contribution in [2.45, 2.75) is 25.2 Å². The van der Waals surface area contributed by atoms with E-state index in [4.69, 9.17) is 9.47 Å². The minimum Gasteiger partial charge on any atom is -0.380 e. The first-order chi connectivity index (χ1) is 10.5. The van der Waals surface area contributed by atoms with Crippen LogP contribution in [-0.4, -0.2) is 39.9 Å². The van der Waals surface area contributed by atoms with Crippen LogP contribution in [0.25, 0.3) is 0 Å². The van der Waals surface area contributed by atoms with Gasteiger partial charge < -0.3 is 14.6 Å². The molecule has 2 aromatic rings. The Bertz CT molecular complexity index is 609. The minimum absolute atomic E-state index is 0.0797. The lowest BCUT2D eigenvalue weighted by molar-refractivity contribution is -0.160. The highest BCUT2D eigenvalue weighted by Gasteiger charge is 2.40. The first kappa shape index (κ1) is 16.5. The van der Waals surface area contributed by atoms with Crippen molar-refractivity contribution in [1.29, 1.82) is 0 Å². The van der Waals surface area contributed by atoms with E-state index in [1.54, 1.807) is 6.92 Å². The van der Waals surface area contributed by atoms with E-state index in [1.165, 1.54) is 30.5 Å². The Morgan fingerprint density at radius 2 is 2.18 bits per heavy atom. The Kier molecular flexibility index (Phi) is 5.17. The molecule has 1 aromatic heterocycles. The summed E-state index contributed by atoms with van der Waals surface area (Å²) in [4.78, 5) is 3.78. The van der Waals surface area contributed by atoms with Crippen LogP contribution in [0.2, 0.25) is 0 Å². The molecule has 0 amide bonds. The summed E-state index contributed by atoms with van der Waals surface area (Å²) in [6.07, 6.45) is 1.84. The molecule has 0 spiro atoms. The average Bonchev–Trinajstić information content (AvgIpc) is 2.97. The Morgan fingerprint density at radius 1 is 1.41 bits per heavy atom. The second-order valence-corrected chi connectivity index (χ2v) is 4.86. The first-order valence-electron chi connectivity index (χ1n) is 6.58. The molecule has 6 nitrogen and oxygen atoms in total. The van der Waals surface area contributed by atoms with Gasteiger partial charge in [0.1, 0.15) is 36.7 Å². The van der Waals surface area contributed by atoms with E-state index < -0.39 is 23.3 Å². The van der Waals surface area contributed by atoms with Crippen molar-refractivity contribution in [2.24, 2.45) is 0 Å². The highest BCUT2D eigenvalue weighted by atomic mass is 19.1. The van der Waals surface area contributed by atoms with Gasteiger partial charge in [0.25, 0.3) is 0 Å². The molecule has 0 saturated heterocycles. The maximum absolute atomic E-state index is 14.1. The van der Waals surface area contributed by atoms with Gasteiger partial charge in [0.2, 0.25) is 0 Å². The highest BCUT2D eigenvalue weighted by Crippen LogP contribution is 2.31. The highest BCUT2D eigenvalue weighted by molar-refractivity contribution is 5.26. The molecule has 2 atom stereocenters. The van der Waals surface area contributed by atoms with Crippen LogP contribution in [0, 0.1) is 11.6 Å². The molecule has 8 heteroatoms. The van der Waals surface area contributed by atoms with Crippen LogP contribution < -0.4 is 0 Å². The molecule has 1 aromatic carbocycles. The topological polar surface area (TPSA) is 69.4 Å². The van der Waals surface area contributed by atoms with E-state index in [0.717, 1.165) is 6.07 Å². The Balaban J connectivity index is 2.39. The van der Waals surface area contributed by atoms with E-state index in [9.17, 15) is 13.9 Å². The number of ether oxygens (including phenoxy) is 2. The molecule has 1 N–H and O–H groups in total. The number of rotatable bonds is 7. The van der Waals surface area contributed by atoms with E-state index in [1.807, 2.05) is 0 Å². The second-order valence-electron chi connectivity index (χ2n) is 4.86. The summed E-state index contributed by atoms with van der Waals surface area (Å²) >= 11 is 0. The minimum atomic E-state index is -1.77. The predicted molar refractivity (Wildman–Crippen MR) is 72.7 cm³/mol. The van der Waals surface area contributed by atoms with Crippen molar-refractivity contribution in [3.63, 3.8) is 0 Å². The van der Waals surface area contributed by atoms with Crippen LogP contribution in [0.1, 0.15) is 12.5 Å². The van der Waals surface area contributed by atoms with Crippen LogP contribution in [0.3, 0.4) is 0 Å². The standard InChI is InChI=1S/C14H17F2N3O3/c1-10(22-9-21-2)14(20,6-19-8-17-7-18-19)12-4-3-11(15)5-13(12)16/h3-5,7-8,10,20H,6,9H2,1-2H3/t10-,14+/m1/s1. The number of aromatic nitrogens is 3. The maximum Gasteiger partial charge on any atom is 0.146 e. The smallest absolute Gasteiger partial charge is 0.146 e. The molecule has 120 valence electrons. The summed E-state index contributed by atoms with van der Waals surface area (Å²) in [6.45, 7) is 1.38. The Hall–Kier alpha value is -1.90. The molecule has 2 rings (SSSR count). The van der Waals surface area contributed by atoms with Crippen LogP contribution in [-0.2, 0) is 21.6 Å². The lowest BCUT2D eigenvalue weighted by Gasteiger charge is -2.34. The lowest BCUT2D eigenvalue weighted by Crippen LogP contribution is -2.44. The summed E-state index contributed by atoms with van der Waals surface area (Å²) in [5, 5.41) is 14.9. The molecule has 0 unspecified atom stereocenters. The number of hydrogen-bond acceptors (Lipinski definition) is 5. The molecule has 1 heterocycles. The lowest BCUT2D eigenvalue weighted by atomic mass is 9.88. The number of benzene rings is 1. The molecule has 22 heavy (non-hydrogen) atoms. The van der Waals surface area contributed by atoms with Crippen molar-refractivity contribution >= 4 is 0 Å². The number of nitrogens with zero attached hydrogens (tertiary/aromatic N) is 3. The largest absolute Gasteiger partial charge is 0.380 e. The zero-order chi connectivity index (χ0) is 16.2. The van der Waals surface area contributed by atoms with Gasteiger partial charge in [0.05, 0.1) is 12.6 Å². The summed E-state index contributed by atoms with van der Waals surface area (Å²) in [7, 11) is 1.43. The maximum atomic E-state index is 14.1. The third-order valence-electron chi connectivity index (χ3n) is 3.38. The summed E-state index contributed by atoms with van der Waals surface area (Å²) in [6, 6.07) is 2.98. The van der Waals surface area contributed by atoms with E-state index in [-0.39, 0.29) is 18.9 Å². The van der Waals surface area contributed by atoms with Gasteiger partial charge in [-0.25, -0.2) is 18.4 Å². The van der Waals surface area contributed by atoms with E-state index in [2.05, 4.69) is 10.1 Å². The first-order valence-corrected chi connectivity index (χ1v) is 6.58. The van der Waals surface area contributed by atoms with Crippen LogP contribution >= 0.6 is 0 Å². The van der Waals surface area contributed by atoms with Gasteiger partial charge in [0.15, 0.2) is 0 Å². The normalized spacial score (nSPS) is 15.5. The van der Waals surface area contributed by atoms with Crippen LogP contribution in [0.4, 0.5) is 8.78 Å². The third kappa shape index (κ3) is 3.46. The summed E-state index contributed by atoms with van der Waals surface area (Å²) < 4.78 is 38.7. The summed E-state index contributed by atoms with van der Waals surface area (Å²) in [5.74, 6) is -1.59. The predicted octanol–water partition coefficient (Wildman–Crippen LogP) is 1.45. The molecule has 0 bridgehead atoms. The fourth-order valence-corrected chi connectivity index (χ4v) is 2.14. The van der Waals surface area contributed by atoms with Gasteiger partial charge in [-0.15, -0.1) is 0 Å². The zero-order valence-electron chi connectivity index (χ0n) is 12.2. The molecular weight excluding hydrogens is 296 g/mol. The van der Waals surface area contributed by atoms with Gasteiger partial charge in [-0.3, -0.25) is 0 Å². The van der Waals surface area contributed by atoms with Crippen molar-refractivity contribution in [1.82, 2.24) is 14.8 Å². The van der Waals surface area contributed by atoms with Crippen molar-refractivity contribution < 1.29 is 23.4 Å². The molecule has 0 saturated carbocycles. The van der Waals surface area contributed by atoms with Crippen molar-refractivity contribution in [3.05, 3.63) is 48.1 Å². The van der Waals surface area contributed by atoms with Crippen molar-refractivity contribution in [2.75, 3.05) is 13.9 Å². The van der Waals surface area contributed by atoms with Crippen molar-refractivity contribution in [3.8, 4) is 0 Å². The number of methoxy groups -OCH3 is 1. The van der Waals surface area contributed by atoms with E-state index in [0.29, 0.717) is 6.07 Å². The third-order valence-corrected chi connectivity index (χ3v) is 3.38. The number of halogens is 2. The van der Waals surface area contributed by atoms with Crippen LogP contribution in [0.15, 0.2) is 30.9 Å². The molecule has 0 fully saturated rings. The Morgan fingerprint density at radius 3 is 2.77 bits per heavy atom. The molecule has 0 aliphatic rings. The molecule has 0 aliphatic heterocycles. The summed E-state index contributed by atoms with van der Waals surface area (Å²) in [5.41, 5.74) is -1.86. The molecule has 0 aliphatic carbocycles. The average molecular weight is 313 g/mol. The van der Waals surface area contributed by atoms with Gasteiger partial charge >= 0.3 is 0 Å². The molecular formula is C14H17F2N3O3. The fourth-order valence-electron chi connectivity index (χ4n) is 2.14. The quantitative estimate of drug-likeness (QED) is 0.784.